The van der Waals surface area contributed by atoms with Crippen LogP contribution in [0.5, 0.6) is 0 Å². The third-order valence-corrected chi connectivity index (χ3v) is 3.28. The highest BCUT2D eigenvalue weighted by Gasteiger charge is 2.19. The van der Waals surface area contributed by atoms with Crippen LogP contribution in [-0.4, -0.2) is 10.6 Å². The number of aryl methyl sites for hydroxylation is 1. The largest absolute Gasteiger partial charge is 0.419 e. The normalized spacial score (nSPS) is 16.3. The summed E-state index contributed by atoms with van der Waals surface area (Å²) in [6.07, 6.45) is 3.69. The molecule has 4 nitrogen and oxygen atoms in total. The molecule has 1 aromatic heterocycles. The molecule has 2 aromatic rings. The molecule has 0 amide bonds. The van der Waals surface area contributed by atoms with Gasteiger partial charge in [0.05, 0.1) is 11.2 Å². The maximum Gasteiger partial charge on any atom is 0.419 e. The summed E-state index contributed by atoms with van der Waals surface area (Å²) in [5.41, 5.74) is 2.44. The average Bonchev–Trinajstić information content (AvgIpc) is 2.51. The number of fused-ring (bicyclic) bond motifs is 1. The average molecular weight is 218 g/mol. The highest BCUT2D eigenvalue weighted by molar-refractivity contribution is 5.86. The van der Waals surface area contributed by atoms with Crippen LogP contribution in [0, 0.1) is 0 Å². The topological polar surface area (TPSA) is 47.2 Å². The minimum atomic E-state index is -0.308. The molecule has 0 saturated heterocycles. The molecule has 0 atom stereocenters. The zero-order valence-corrected chi connectivity index (χ0v) is 9.19. The molecule has 1 saturated carbocycles. The fourth-order valence-electron chi connectivity index (χ4n) is 2.04. The Labute approximate surface area is 92.9 Å². The highest BCUT2D eigenvalue weighted by atomic mass is 16.4. The summed E-state index contributed by atoms with van der Waals surface area (Å²) < 4.78 is 6.77. The zero-order chi connectivity index (χ0) is 11.1. The van der Waals surface area contributed by atoms with E-state index in [1.54, 1.807) is 7.05 Å². The molecular weight excluding hydrogens is 204 g/mol. The van der Waals surface area contributed by atoms with Gasteiger partial charge in [-0.1, -0.05) is 6.07 Å². The second kappa shape index (κ2) is 3.40. The fraction of sp³-hybridized carbons (Fsp3) is 0.417. The summed E-state index contributed by atoms with van der Waals surface area (Å²) in [5.74, 6) is -0.308. The number of hydrogen-bond donors (Lipinski definition) is 1. The van der Waals surface area contributed by atoms with E-state index in [2.05, 4.69) is 5.32 Å². The first-order chi connectivity index (χ1) is 7.75. The van der Waals surface area contributed by atoms with Crippen LogP contribution in [0.2, 0.25) is 0 Å². The lowest BCUT2D eigenvalue weighted by atomic mass is 9.93. The van der Waals surface area contributed by atoms with Gasteiger partial charge in [-0.2, -0.15) is 0 Å². The molecule has 0 spiro atoms. The number of nitrogens with one attached hydrogen (secondary N) is 1. The Balaban J connectivity index is 2.09. The predicted octanol–water partition coefficient (Wildman–Crippen LogP) is 2.10. The Bertz CT molecular complexity index is 578. The van der Waals surface area contributed by atoms with Gasteiger partial charge in [0.15, 0.2) is 5.58 Å². The molecule has 0 aliphatic heterocycles. The van der Waals surface area contributed by atoms with Gasteiger partial charge < -0.3 is 9.73 Å². The molecule has 84 valence electrons. The van der Waals surface area contributed by atoms with Gasteiger partial charge in [0.1, 0.15) is 0 Å². The SMILES string of the molecule is Cn1c(=O)oc2c(NC3CCC3)cccc21. The second-order valence-corrected chi connectivity index (χ2v) is 4.35. The van der Waals surface area contributed by atoms with Crippen molar-refractivity contribution in [3.8, 4) is 0 Å². The number of rotatable bonds is 2. The molecule has 1 aliphatic rings. The van der Waals surface area contributed by atoms with E-state index in [0.29, 0.717) is 11.6 Å². The van der Waals surface area contributed by atoms with Gasteiger partial charge >= 0.3 is 5.76 Å². The Morgan fingerprint density at radius 1 is 1.44 bits per heavy atom. The molecule has 3 rings (SSSR count). The molecular formula is C12H14N2O2. The molecule has 1 aliphatic carbocycles. The van der Waals surface area contributed by atoms with Crippen LogP contribution in [0.3, 0.4) is 0 Å². The van der Waals surface area contributed by atoms with Gasteiger partial charge in [-0.05, 0) is 31.4 Å². The lowest BCUT2D eigenvalue weighted by molar-refractivity contribution is 0.444. The summed E-state index contributed by atoms with van der Waals surface area (Å²) in [4.78, 5) is 11.4. The van der Waals surface area contributed by atoms with Gasteiger partial charge in [0, 0.05) is 13.1 Å². The maximum atomic E-state index is 11.4. The van der Waals surface area contributed by atoms with Gasteiger partial charge in [-0.15, -0.1) is 0 Å². The number of benzene rings is 1. The number of nitrogens with zero attached hydrogens (tertiary/aromatic N) is 1. The van der Waals surface area contributed by atoms with Crippen molar-refractivity contribution in [2.45, 2.75) is 25.3 Å². The van der Waals surface area contributed by atoms with Crippen molar-refractivity contribution >= 4 is 16.8 Å². The monoisotopic (exact) mass is 218 g/mol. The quantitative estimate of drug-likeness (QED) is 0.839. The van der Waals surface area contributed by atoms with Gasteiger partial charge in [-0.3, -0.25) is 4.57 Å². The minimum Gasteiger partial charge on any atom is -0.405 e. The standard InChI is InChI=1S/C12H14N2O2/c1-14-10-7-3-6-9(11(10)16-12(14)15)13-8-4-2-5-8/h3,6-8,13H,2,4-5H2,1H3. The summed E-state index contributed by atoms with van der Waals surface area (Å²) >= 11 is 0. The number of para-hydroxylation sites is 1. The third kappa shape index (κ3) is 1.33. The van der Waals surface area contributed by atoms with Crippen molar-refractivity contribution in [2.24, 2.45) is 7.05 Å². The molecule has 16 heavy (non-hydrogen) atoms. The zero-order valence-electron chi connectivity index (χ0n) is 9.19. The van der Waals surface area contributed by atoms with Crippen molar-refractivity contribution in [2.75, 3.05) is 5.32 Å². The number of hydrogen-bond acceptors (Lipinski definition) is 3. The summed E-state index contributed by atoms with van der Waals surface area (Å²) in [6.45, 7) is 0. The molecule has 4 heteroatoms. The highest BCUT2D eigenvalue weighted by Crippen LogP contribution is 2.27. The van der Waals surface area contributed by atoms with Gasteiger partial charge in [0.2, 0.25) is 0 Å². The molecule has 0 radical (unpaired) electrons. The molecule has 1 aromatic carbocycles. The molecule has 1 N–H and O–H groups in total. The van der Waals surface area contributed by atoms with Crippen LogP contribution in [0.4, 0.5) is 5.69 Å². The molecule has 1 heterocycles. The van der Waals surface area contributed by atoms with E-state index in [-0.39, 0.29) is 5.76 Å². The predicted molar refractivity (Wildman–Crippen MR) is 62.7 cm³/mol. The second-order valence-electron chi connectivity index (χ2n) is 4.35. The lowest BCUT2D eigenvalue weighted by Gasteiger charge is -2.27. The van der Waals surface area contributed by atoms with Crippen LogP contribution >= 0.6 is 0 Å². The Hall–Kier alpha value is -1.71. The lowest BCUT2D eigenvalue weighted by Crippen LogP contribution is -2.26. The Morgan fingerprint density at radius 3 is 2.94 bits per heavy atom. The van der Waals surface area contributed by atoms with E-state index in [1.807, 2.05) is 18.2 Å². The number of oxazole rings is 1. The van der Waals surface area contributed by atoms with E-state index in [9.17, 15) is 4.79 Å². The first-order valence-electron chi connectivity index (χ1n) is 5.61. The third-order valence-electron chi connectivity index (χ3n) is 3.28. The minimum absolute atomic E-state index is 0.308. The molecule has 0 bridgehead atoms. The fourth-order valence-corrected chi connectivity index (χ4v) is 2.04. The van der Waals surface area contributed by atoms with E-state index in [0.717, 1.165) is 11.2 Å². The van der Waals surface area contributed by atoms with Crippen molar-refractivity contribution in [1.29, 1.82) is 0 Å². The maximum absolute atomic E-state index is 11.4. The number of anilines is 1. The van der Waals surface area contributed by atoms with Gasteiger partial charge in [-0.25, -0.2) is 4.79 Å². The summed E-state index contributed by atoms with van der Waals surface area (Å²) in [5, 5.41) is 3.42. The van der Waals surface area contributed by atoms with Crippen molar-refractivity contribution in [3.05, 3.63) is 28.7 Å². The van der Waals surface area contributed by atoms with E-state index in [4.69, 9.17) is 4.42 Å². The molecule has 1 fully saturated rings. The van der Waals surface area contributed by atoms with E-state index in [1.165, 1.54) is 23.8 Å². The smallest absolute Gasteiger partial charge is 0.405 e. The summed E-state index contributed by atoms with van der Waals surface area (Å²) in [6, 6.07) is 6.34. The molecule has 0 unspecified atom stereocenters. The van der Waals surface area contributed by atoms with Crippen molar-refractivity contribution in [1.82, 2.24) is 4.57 Å². The van der Waals surface area contributed by atoms with Crippen LogP contribution in [0.1, 0.15) is 19.3 Å². The first kappa shape index (κ1) is 9.51. The number of aromatic nitrogens is 1. The van der Waals surface area contributed by atoms with Crippen LogP contribution < -0.4 is 11.1 Å². The van der Waals surface area contributed by atoms with Crippen LogP contribution in [-0.2, 0) is 7.05 Å². The van der Waals surface area contributed by atoms with Crippen molar-refractivity contribution < 1.29 is 4.42 Å². The van der Waals surface area contributed by atoms with Gasteiger partial charge in [0.25, 0.3) is 0 Å². The van der Waals surface area contributed by atoms with Crippen molar-refractivity contribution in [3.63, 3.8) is 0 Å². The van der Waals surface area contributed by atoms with E-state index < -0.39 is 0 Å². The first-order valence-corrected chi connectivity index (χ1v) is 5.61. The van der Waals surface area contributed by atoms with Crippen LogP contribution in [0.15, 0.2) is 27.4 Å². The van der Waals surface area contributed by atoms with E-state index >= 15 is 0 Å². The Kier molecular flexibility index (Phi) is 2.02. The van der Waals surface area contributed by atoms with Crippen LogP contribution in [0.25, 0.3) is 11.1 Å². The Morgan fingerprint density at radius 2 is 2.25 bits per heavy atom. The summed E-state index contributed by atoms with van der Waals surface area (Å²) in [7, 11) is 1.72.